The molecule has 0 aliphatic carbocycles. The second-order valence-electron chi connectivity index (χ2n) is 6.65. The quantitative estimate of drug-likeness (QED) is 0.226. The zero-order valence-electron chi connectivity index (χ0n) is 17.5. The smallest absolute Gasteiger partial charge is 0.411 e. The van der Waals surface area contributed by atoms with Crippen molar-refractivity contribution in [3.8, 4) is 0 Å². The molecule has 1 aromatic carbocycles. The number of ether oxygens (including phenoxy) is 3. The molecule has 164 valence electrons. The van der Waals surface area contributed by atoms with Crippen molar-refractivity contribution in [2.45, 2.75) is 19.9 Å². The summed E-state index contributed by atoms with van der Waals surface area (Å²) >= 11 is 0. The molecular formula is C20H33IN4O4. The van der Waals surface area contributed by atoms with Crippen molar-refractivity contribution in [2.24, 2.45) is 10.9 Å². The first kappa shape index (κ1) is 25.4. The van der Waals surface area contributed by atoms with Gasteiger partial charge in [0.15, 0.2) is 5.96 Å². The summed E-state index contributed by atoms with van der Waals surface area (Å²) in [5, 5.41) is 6.02. The van der Waals surface area contributed by atoms with E-state index in [1.54, 1.807) is 7.11 Å². The Morgan fingerprint density at radius 2 is 2.00 bits per heavy atom. The van der Waals surface area contributed by atoms with E-state index in [1.807, 2.05) is 24.3 Å². The molecule has 1 heterocycles. The Morgan fingerprint density at radius 3 is 2.66 bits per heavy atom. The van der Waals surface area contributed by atoms with E-state index in [0.717, 1.165) is 44.2 Å². The number of hydrogen-bond acceptors (Lipinski definition) is 5. The van der Waals surface area contributed by atoms with E-state index in [2.05, 4.69) is 27.2 Å². The van der Waals surface area contributed by atoms with Gasteiger partial charge in [0.2, 0.25) is 0 Å². The lowest BCUT2D eigenvalue weighted by Crippen LogP contribution is -2.40. The van der Waals surface area contributed by atoms with Crippen LogP contribution < -0.4 is 10.6 Å². The standard InChI is InChI=1S/C20H32N4O4.HI/c1-4-21-19(24-10-9-17(14-24)15-28-12-11-26-2)22-13-16-5-7-18(8-6-16)23-20(25)27-3;/h5-8,17H,4,9-15H2,1-3H3,(H,21,22)(H,23,25);1H. The highest BCUT2D eigenvalue weighted by atomic mass is 127. The summed E-state index contributed by atoms with van der Waals surface area (Å²) < 4.78 is 15.3. The Bertz CT molecular complexity index is 627. The van der Waals surface area contributed by atoms with E-state index in [1.165, 1.54) is 7.11 Å². The third kappa shape index (κ3) is 9.18. The highest BCUT2D eigenvalue weighted by Gasteiger charge is 2.24. The van der Waals surface area contributed by atoms with Gasteiger partial charge in [-0.3, -0.25) is 5.32 Å². The summed E-state index contributed by atoms with van der Waals surface area (Å²) in [7, 11) is 3.03. The Hall–Kier alpha value is -1.59. The number of halogens is 1. The molecule has 1 unspecified atom stereocenters. The fourth-order valence-electron chi connectivity index (χ4n) is 3.01. The van der Waals surface area contributed by atoms with Crippen LogP contribution in [-0.2, 0) is 20.8 Å². The fourth-order valence-corrected chi connectivity index (χ4v) is 3.01. The van der Waals surface area contributed by atoms with Crippen molar-refractivity contribution in [1.82, 2.24) is 10.2 Å². The largest absolute Gasteiger partial charge is 0.453 e. The first-order valence-corrected chi connectivity index (χ1v) is 9.70. The number of rotatable bonds is 9. The number of aliphatic imine (C=N–C) groups is 1. The van der Waals surface area contributed by atoms with Gasteiger partial charge in [-0.15, -0.1) is 24.0 Å². The van der Waals surface area contributed by atoms with Gasteiger partial charge in [0, 0.05) is 38.3 Å². The lowest BCUT2D eigenvalue weighted by molar-refractivity contribution is 0.0536. The van der Waals surface area contributed by atoms with Crippen LogP contribution in [0.3, 0.4) is 0 Å². The fraction of sp³-hybridized carbons (Fsp3) is 0.600. The molecule has 1 saturated heterocycles. The molecule has 8 nitrogen and oxygen atoms in total. The SMILES string of the molecule is CCNC(=NCc1ccc(NC(=O)OC)cc1)N1CCC(COCCOC)C1.I. The van der Waals surface area contributed by atoms with Crippen LogP contribution in [0.4, 0.5) is 10.5 Å². The number of amides is 1. The Kier molecular flexibility index (Phi) is 12.6. The molecule has 1 aromatic rings. The van der Waals surface area contributed by atoms with Crippen molar-refractivity contribution < 1.29 is 19.0 Å². The average Bonchev–Trinajstić information content (AvgIpc) is 3.18. The van der Waals surface area contributed by atoms with Gasteiger partial charge in [0.25, 0.3) is 0 Å². The number of anilines is 1. The summed E-state index contributed by atoms with van der Waals surface area (Å²) in [6, 6.07) is 7.60. The predicted octanol–water partition coefficient (Wildman–Crippen LogP) is 2.93. The van der Waals surface area contributed by atoms with Crippen molar-refractivity contribution >= 4 is 41.7 Å². The lowest BCUT2D eigenvalue weighted by atomic mass is 10.1. The summed E-state index contributed by atoms with van der Waals surface area (Å²) in [6.45, 7) is 7.43. The number of nitrogens with zero attached hydrogens (tertiary/aromatic N) is 2. The van der Waals surface area contributed by atoms with Crippen LogP contribution in [0.25, 0.3) is 0 Å². The Labute approximate surface area is 190 Å². The van der Waals surface area contributed by atoms with Crippen LogP contribution in [0.2, 0.25) is 0 Å². The number of hydrogen-bond donors (Lipinski definition) is 2. The van der Waals surface area contributed by atoms with Gasteiger partial charge >= 0.3 is 6.09 Å². The minimum absolute atomic E-state index is 0. The molecule has 1 atom stereocenters. The van der Waals surface area contributed by atoms with Crippen LogP contribution >= 0.6 is 24.0 Å². The first-order valence-electron chi connectivity index (χ1n) is 9.70. The molecule has 0 saturated carbocycles. The maximum atomic E-state index is 11.2. The molecule has 1 aliphatic heterocycles. The normalized spacial score (nSPS) is 16.3. The van der Waals surface area contributed by atoms with E-state index in [0.29, 0.717) is 31.4 Å². The van der Waals surface area contributed by atoms with Gasteiger partial charge in [-0.1, -0.05) is 12.1 Å². The molecule has 0 bridgehead atoms. The highest BCUT2D eigenvalue weighted by molar-refractivity contribution is 14.0. The number of benzene rings is 1. The van der Waals surface area contributed by atoms with Crippen molar-refractivity contribution in [3.63, 3.8) is 0 Å². The van der Waals surface area contributed by atoms with E-state index < -0.39 is 6.09 Å². The minimum atomic E-state index is -0.477. The maximum Gasteiger partial charge on any atom is 0.411 e. The average molecular weight is 520 g/mol. The Morgan fingerprint density at radius 1 is 1.24 bits per heavy atom. The second-order valence-corrected chi connectivity index (χ2v) is 6.65. The molecule has 0 spiro atoms. The zero-order chi connectivity index (χ0) is 20.2. The van der Waals surface area contributed by atoms with Gasteiger partial charge < -0.3 is 24.4 Å². The number of nitrogens with one attached hydrogen (secondary N) is 2. The van der Waals surface area contributed by atoms with E-state index in [-0.39, 0.29) is 24.0 Å². The molecule has 0 radical (unpaired) electrons. The van der Waals surface area contributed by atoms with Gasteiger partial charge in [0.1, 0.15) is 0 Å². The Balaban J connectivity index is 0.00000420. The van der Waals surface area contributed by atoms with Gasteiger partial charge in [-0.25, -0.2) is 9.79 Å². The van der Waals surface area contributed by atoms with Crippen LogP contribution in [0.1, 0.15) is 18.9 Å². The number of methoxy groups -OCH3 is 2. The first-order chi connectivity index (χ1) is 13.7. The number of likely N-dealkylation sites (tertiary alicyclic amines) is 1. The van der Waals surface area contributed by atoms with Crippen LogP contribution in [0.15, 0.2) is 29.3 Å². The molecule has 1 fully saturated rings. The van der Waals surface area contributed by atoms with Gasteiger partial charge in [-0.05, 0) is 31.0 Å². The number of guanidine groups is 1. The monoisotopic (exact) mass is 520 g/mol. The molecule has 2 rings (SSSR count). The van der Waals surface area contributed by atoms with Gasteiger partial charge in [-0.2, -0.15) is 0 Å². The molecule has 1 amide bonds. The zero-order valence-corrected chi connectivity index (χ0v) is 19.8. The van der Waals surface area contributed by atoms with Crippen molar-refractivity contribution in [1.29, 1.82) is 0 Å². The summed E-state index contributed by atoms with van der Waals surface area (Å²) in [5.74, 6) is 1.45. The minimum Gasteiger partial charge on any atom is -0.453 e. The van der Waals surface area contributed by atoms with E-state index >= 15 is 0 Å². The molecule has 29 heavy (non-hydrogen) atoms. The van der Waals surface area contributed by atoms with Gasteiger partial charge in [0.05, 0.1) is 33.5 Å². The van der Waals surface area contributed by atoms with E-state index in [9.17, 15) is 4.79 Å². The molecular weight excluding hydrogens is 487 g/mol. The topological polar surface area (TPSA) is 84.4 Å². The van der Waals surface area contributed by atoms with Crippen LogP contribution in [0.5, 0.6) is 0 Å². The summed E-state index contributed by atoms with van der Waals surface area (Å²) in [4.78, 5) is 18.3. The van der Waals surface area contributed by atoms with Crippen molar-refractivity contribution in [3.05, 3.63) is 29.8 Å². The molecule has 9 heteroatoms. The maximum absolute atomic E-state index is 11.2. The third-order valence-electron chi connectivity index (χ3n) is 4.50. The third-order valence-corrected chi connectivity index (χ3v) is 4.50. The summed E-state index contributed by atoms with van der Waals surface area (Å²) in [6.07, 6.45) is 0.626. The van der Waals surface area contributed by atoms with Crippen LogP contribution in [0, 0.1) is 5.92 Å². The second kappa shape index (κ2) is 14.4. The predicted molar refractivity (Wildman–Crippen MR) is 125 cm³/mol. The molecule has 1 aliphatic rings. The highest BCUT2D eigenvalue weighted by Crippen LogP contribution is 2.17. The number of carbonyl (C=O) groups excluding carboxylic acids is 1. The lowest BCUT2D eigenvalue weighted by Gasteiger charge is -2.21. The molecule has 0 aromatic heterocycles. The molecule has 2 N–H and O–H groups in total. The van der Waals surface area contributed by atoms with Crippen molar-refractivity contribution in [2.75, 3.05) is 59.0 Å². The van der Waals surface area contributed by atoms with Crippen LogP contribution in [-0.4, -0.2) is 70.6 Å². The number of carbonyl (C=O) groups is 1. The van der Waals surface area contributed by atoms with E-state index in [4.69, 9.17) is 14.5 Å². The summed E-state index contributed by atoms with van der Waals surface area (Å²) in [5.41, 5.74) is 1.77.